The first kappa shape index (κ1) is 28.2. The highest BCUT2D eigenvalue weighted by Gasteiger charge is 2.31. The van der Waals surface area contributed by atoms with E-state index in [1.165, 1.54) is 18.6 Å². The summed E-state index contributed by atoms with van der Waals surface area (Å²) in [6.07, 6.45) is 1.00. The Kier molecular flexibility index (Phi) is 9.27. The SMILES string of the molecule is CCOC(=O)CCNC(=O)c1ccc(Cn2nc(-c3ccc(OC(F)(F)F)cc3)cc2C2CCCCC2)cc1. The summed E-state index contributed by atoms with van der Waals surface area (Å²) >= 11 is 0. The lowest BCUT2D eigenvalue weighted by Crippen LogP contribution is -2.26. The first-order valence-corrected chi connectivity index (χ1v) is 13.2. The highest BCUT2D eigenvalue weighted by Crippen LogP contribution is 2.35. The maximum absolute atomic E-state index is 12.5. The van der Waals surface area contributed by atoms with Gasteiger partial charge in [0.25, 0.3) is 5.91 Å². The van der Waals surface area contributed by atoms with Crippen LogP contribution < -0.4 is 10.1 Å². The van der Waals surface area contributed by atoms with Crippen molar-refractivity contribution in [2.75, 3.05) is 13.2 Å². The molecule has 1 aromatic heterocycles. The summed E-state index contributed by atoms with van der Waals surface area (Å²) < 4.78 is 48.4. The van der Waals surface area contributed by atoms with Crippen molar-refractivity contribution in [3.05, 3.63) is 71.4 Å². The molecule has 0 atom stereocenters. The molecule has 7 nitrogen and oxygen atoms in total. The molecule has 0 saturated heterocycles. The number of aromatic nitrogens is 2. The van der Waals surface area contributed by atoms with Crippen molar-refractivity contribution < 1.29 is 32.2 Å². The fourth-order valence-electron chi connectivity index (χ4n) is 4.80. The van der Waals surface area contributed by atoms with Crippen LogP contribution in [0.15, 0.2) is 54.6 Å². The van der Waals surface area contributed by atoms with Crippen molar-refractivity contribution in [1.82, 2.24) is 15.1 Å². The molecule has 10 heteroatoms. The molecule has 4 rings (SSSR count). The van der Waals surface area contributed by atoms with Gasteiger partial charge in [-0.15, -0.1) is 13.2 Å². The van der Waals surface area contributed by atoms with Crippen LogP contribution in [0.5, 0.6) is 5.75 Å². The molecule has 0 radical (unpaired) electrons. The molecule has 1 fully saturated rings. The summed E-state index contributed by atoms with van der Waals surface area (Å²) in [5.74, 6) is -0.542. The van der Waals surface area contributed by atoms with E-state index in [0.29, 0.717) is 35.9 Å². The number of carbonyl (C=O) groups excluding carboxylic acids is 2. The van der Waals surface area contributed by atoms with Gasteiger partial charge in [-0.2, -0.15) is 5.10 Å². The molecule has 1 N–H and O–H groups in total. The molecule has 0 spiro atoms. The number of amides is 1. The minimum absolute atomic E-state index is 0.112. The highest BCUT2D eigenvalue weighted by atomic mass is 19.4. The third-order valence-corrected chi connectivity index (χ3v) is 6.69. The lowest BCUT2D eigenvalue weighted by Gasteiger charge is -2.22. The molecule has 1 amide bonds. The molecule has 3 aromatic rings. The molecule has 0 unspecified atom stereocenters. The van der Waals surface area contributed by atoms with Crippen LogP contribution in [-0.2, 0) is 16.1 Å². The largest absolute Gasteiger partial charge is 0.573 e. The number of nitrogens with one attached hydrogen (secondary N) is 1. The van der Waals surface area contributed by atoms with Crippen LogP contribution in [0.2, 0.25) is 0 Å². The number of carbonyl (C=O) groups is 2. The van der Waals surface area contributed by atoms with Crippen LogP contribution in [0.25, 0.3) is 11.3 Å². The molecule has 1 saturated carbocycles. The predicted octanol–water partition coefficient (Wildman–Crippen LogP) is 6.23. The molecule has 0 aliphatic heterocycles. The lowest BCUT2D eigenvalue weighted by molar-refractivity contribution is -0.274. The number of halogens is 3. The van der Waals surface area contributed by atoms with Gasteiger partial charge < -0.3 is 14.8 Å². The Bertz CT molecular complexity index is 1250. The minimum atomic E-state index is -4.74. The smallest absolute Gasteiger partial charge is 0.466 e. The van der Waals surface area contributed by atoms with Gasteiger partial charge in [0.15, 0.2) is 0 Å². The molecule has 1 aliphatic rings. The van der Waals surface area contributed by atoms with Gasteiger partial charge >= 0.3 is 12.3 Å². The summed E-state index contributed by atoms with van der Waals surface area (Å²) in [5.41, 5.74) is 3.93. The fourth-order valence-corrected chi connectivity index (χ4v) is 4.80. The average Bonchev–Trinajstić information content (AvgIpc) is 3.33. The summed E-state index contributed by atoms with van der Waals surface area (Å²) in [7, 11) is 0. The van der Waals surface area contributed by atoms with Crippen molar-refractivity contribution >= 4 is 11.9 Å². The zero-order valence-electron chi connectivity index (χ0n) is 21.8. The van der Waals surface area contributed by atoms with Gasteiger partial charge in [-0.05, 0) is 67.8 Å². The predicted molar refractivity (Wildman–Crippen MR) is 139 cm³/mol. The molecule has 2 aromatic carbocycles. The van der Waals surface area contributed by atoms with Crippen molar-refractivity contribution in [3.63, 3.8) is 0 Å². The molecular weight excluding hydrogens is 511 g/mol. The van der Waals surface area contributed by atoms with Gasteiger partial charge in [0.1, 0.15) is 5.75 Å². The second-order valence-corrected chi connectivity index (χ2v) is 9.53. The number of ether oxygens (including phenoxy) is 2. The van der Waals surface area contributed by atoms with Crippen molar-refractivity contribution in [1.29, 1.82) is 0 Å². The van der Waals surface area contributed by atoms with Gasteiger partial charge in [0.2, 0.25) is 0 Å². The van der Waals surface area contributed by atoms with Gasteiger partial charge in [-0.1, -0.05) is 31.4 Å². The Morgan fingerprint density at radius 1 is 1.03 bits per heavy atom. The minimum Gasteiger partial charge on any atom is -0.466 e. The van der Waals surface area contributed by atoms with E-state index < -0.39 is 6.36 Å². The fraction of sp³-hybridized carbons (Fsp3) is 0.414. The average molecular weight is 544 g/mol. The highest BCUT2D eigenvalue weighted by molar-refractivity contribution is 5.94. The summed E-state index contributed by atoms with van der Waals surface area (Å²) in [6.45, 7) is 2.72. The van der Waals surface area contributed by atoms with E-state index in [9.17, 15) is 22.8 Å². The van der Waals surface area contributed by atoms with Crippen LogP contribution in [0.4, 0.5) is 13.2 Å². The normalized spacial score (nSPS) is 14.2. The Morgan fingerprint density at radius 2 is 1.72 bits per heavy atom. The number of hydrogen-bond donors (Lipinski definition) is 1. The first-order valence-electron chi connectivity index (χ1n) is 13.2. The number of esters is 1. The standard InChI is InChI=1S/C29H32F3N3O4/c1-2-38-27(36)16-17-33-28(37)23-10-8-20(9-11-23)19-35-26(22-6-4-3-5-7-22)18-25(34-35)21-12-14-24(15-13-21)39-29(30,31)32/h8-15,18,22H,2-7,16-17,19H2,1H3,(H,33,37). The van der Waals surface area contributed by atoms with E-state index >= 15 is 0 Å². The first-order chi connectivity index (χ1) is 18.7. The third kappa shape index (κ3) is 8.08. The van der Waals surface area contributed by atoms with Crippen LogP contribution in [0.1, 0.15) is 73.0 Å². The van der Waals surface area contributed by atoms with Crippen molar-refractivity contribution in [3.8, 4) is 17.0 Å². The summed E-state index contributed by atoms with van der Waals surface area (Å²) in [4.78, 5) is 23.9. The maximum atomic E-state index is 12.5. The van der Waals surface area contributed by atoms with Crippen LogP contribution in [0.3, 0.4) is 0 Å². The van der Waals surface area contributed by atoms with E-state index in [4.69, 9.17) is 9.84 Å². The molecule has 0 bridgehead atoms. The van der Waals surface area contributed by atoms with Crippen LogP contribution >= 0.6 is 0 Å². The molecule has 1 heterocycles. The number of benzene rings is 2. The van der Waals surface area contributed by atoms with Crippen molar-refractivity contribution in [2.24, 2.45) is 0 Å². The summed E-state index contributed by atoms with van der Waals surface area (Å²) in [6, 6.07) is 15.0. The quantitative estimate of drug-likeness (QED) is 0.307. The van der Waals surface area contributed by atoms with E-state index in [-0.39, 0.29) is 30.6 Å². The zero-order valence-corrected chi connectivity index (χ0v) is 21.8. The maximum Gasteiger partial charge on any atom is 0.573 e. The van der Waals surface area contributed by atoms with Crippen LogP contribution in [-0.4, -0.2) is 41.2 Å². The molecule has 208 valence electrons. The molecule has 39 heavy (non-hydrogen) atoms. The lowest BCUT2D eigenvalue weighted by atomic mass is 9.86. The number of nitrogens with zero attached hydrogens (tertiary/aromatic N) is 2. The monoisotopic (exact) mass is 543 g/mol. The number of hydrogen-bond acceptors (Lipinski definition) is 5. The number of rotatable bonds is 10. The Balaban J connectivity index is 1.48. The summed E-state index contributed by atoms with van der Waals surface area (Å²) in [5, 5.41) is 7.53. The number of alkyl halides is 3. The zero-order chi connectivity index (χ0) is 27.8. The second-order valence-electron chi connectivity index (χ2n) is 9.53. The molecular formula is C29H32F3N3O4. The Labute approximate surface area is 225 Å². The van der Waals surface area contributed by atoms with Crippen molar-refractivity contribution in [2.45, 2.75) is 64.3 Å². The van der Waals surface area contributed by atoms with Gasteiger partial charge in [0, 0.05) is 29.3 Å². The van der Waals surface area contributed by atoms with E-state index in [1.807, 2.05) is 22.9 Å². The van der Waals surface area contributed by atoms with E-state index in [2.05, 4.69) is 10.1 Å². The second kappa shape index (κ2) is 12.8. The van der Waals surface area contributed by atoms with Gasteiger partial charge in [-0.3, -0.25) is 14.3 Å². The molecule has 1 aliphatic carbocycles. The Morgan fingerprint density at radius 3 is 2.36 bits per heavy atom. The Hall–Kier alpha value is -3.82. The van der Waals surface area contributed by atoms with Gasteiger partial charge in [0.05, 0.1) is 25.3 Å². The van der Waals surface area contributed by atoms with E-state index in [1.54, 1.807) is 31.2 Å². The third-order valence-electron chi connectivity index (χ3n) is 6.69. The topological polar surface area (TPSA) is 82.5 Å². The van der Waals surface area contributed by atoms with Crippen LogP contribution in [0, 0.1) is 0 Å². The van der Waals surface area contributed by atoms with Gasteiger partial charge in [-0.25, -0.2) is 0 Å². The van der Waals surface area contributed by atoms with E-state index in [0.717, 1.165) is 36.9 Å².